The van der Waals surface area contributed by atoms with Crippen molar-refractivity contribution in [1.82, 2.24) is 24.2 Å². The Hall–Kier alpha value is -2.17. The molecule has 1 N–H and O–H groups in total. The molecule has 0 aliphatic carbocycles. The first-order valence-corrected chi connectivity index (χ1v) is 16.8. The van der Waals surface area contributed by atoms with Gasteiger partial charge in [0.25, 0.3) is 15.9 Å². The number of morpholine rings is 1. The van der Waals surface area contributed by atoms with Gasteiger partial charge in [-0.05, 0) is 30.5 Å². The van der Waals surface area contributed by atoms with E-state index in [4.69, 9.17) is 16.3 Å². The molecule has 3 aliphatic heterocycles. The fourth-order valence-electron chi connectivity index (χ4n) is 5.43. The number of fused-ring (bicyclic) bond motifs is 2. The number of halogens is 1. The van der Waals surface area contributed by atoms with Gasteiger partial charge in [-0.1, -0.05) is 17.7 Å². The van der Waals surface area contributed by atoms with Crippen LogP contribution in [0.15, 0.2) is 28.5 Å². The predicted molar refractivity (Wildman–Crippen MR) is 155 cm³/mol. The van der Waals surface area contributed by atoms with E-state index in [0.29, 0.717) is 49.3 Å². The lowest BCUT2D eigenvalue weighted by molar-refractivity contribution is -0.136. The maximum absolute atomic E-state index is 13.8. The molecule has 0 bridgehead atoms. The van der Waals surface area contributed by atoms with Crippen molar-refractivity contribution in [1.29, 1.82) is 0 Å². The van der Waals surface area contributed by atoms with Crippen molar-refractivity contribution in [3.63, 3.8) is 0 Å². The number of ether oxygens (including phenoxy) is 1. The highest BCUT2D eigenvalue weighted by atomic mass is 35.5. The minimum Gasteiger partial charge on any atom is -0.378 e. The Morgan fingerprint density at radius 1 is 1.15 bits per heavy atom. The Kier molecular flexibility index (Phi) is 8.11. The minimum atomic E-state index is -3.88. The third-order valence-electron chi connectivity index (χ3n) is 7.80. The molecule has 5 heterocycles. The molecule has 6 rings (SSSR count). The van der Waals surface area contributed by atoms with Crippen LogP contribution in [0.4, 0.5) is 0 Å². The number of benzene rings is 1. The zero-order valence-corrected chi connectivity index (χ0v) is 25.6. The van der Waals surface area contributed by atoms with Crippen LogP contribution in [0.1, 0.15) is 33.7 Å². The first kappa shape index (κ1) is 28.9. The first-order chi connectivity index (χ1) is 19.6. The summed E-state index contributed by atoms with van der Waals surface area (Å²) in [6.45, 7) is 4.21. The zero-order chi connectivity index (χ0) is 28.9. The normalized spacial score (nSPS) is 22.7. The van der Waals surface area contributed by atoms with Gasteiger partial charge in [0.15, 0.2) is 5.01 Å². The summed E-state index contributed by atoms with van der Waals surface area (Å²) in [5.74, 6) is -0.468. The second kappa shape index (κ2) is 11.5. The largest absolute Gasteiger partial charge is 0.378 e. The number of hydrogen-bond acceptors (Lipinski definition) is 10. The molecule has 2 saturated heterocycles. The van der Waals surface area contributed by atoms with E-state index in [0.717, 1.165) is 32.0 Å². The van der Waals surface area contributed by atoms with Crippen LogP contribution in [0, 0.1) is 0 Å². The van der Waals surface area contributed by atoms with Crippen LogP contribution in [-0.4, -0.2) is 108 Å². The monoisotopic (exact) mass is 639 g/mol. The number of carbonyl (C=O) groups excluding carboxylic acids is 2. The Morgan fingerprint density at radius 2 is 1.93 bits per heavy atom. The van der Waals surface area contributed by atoms with Gasteiger partial charge in [-0.3, -0.25) is 9.59 Å². The molecule has 2 amide bonds. The maximum atomic E-state index is 13.8. The van der Waals surface area contributed by atoms with E-state index in [2.05, 4.69) is 4.98 Å². The molecule has 15 heteroatoms. The van der Waals surface area contributed by atoms with E-state index in [9.17, 15) is 23.2 Å². The number of thiophene rings is 1. The summed E-state index contributed by atoms with van der Waals surface area (Å²) in [5.41, 5.74) is 0.795. The number of nitrogens with zero attached hydrogens (tertiary/aromatic N) is 5. The SMILES string of the molecule is CC1Cc2nc(C(=O)N3CCN(S(=O)(=O)c4cc5ccc(Cl)cc5s4)CC3CC(=O)N3CCOCC3)sc2CN1O. The van der Waals surface area contributed by atoms with E-state index in [1.165, 1.54) is 20.7 Å². The summed E-state index contributed by atoms with van der Waals surface area (Å²) >= 11 is 8.51. The Labute approximate surface area is 250 Å². The zero-order valence-electron chi connectivity index (χ0n) is 22.4. The number of hydroxylamine groups is 2. The smallest absolute Gasteiger partial charge is 0.283 e. The van der Waals surface area contributed by atoms with Gasteiger partial charge >= 0.3 is 0 Å². The molecule has 11 nitrogen and oxygen atoms in total. The number of carbonyl (C=O) groups is 2. The van der Waals surface area contributed by atoms with E-state index >= 15 is 0 Å². The standard InChI is InChI=1S/C26H30ClN5O6S3/c1-16-10-20-22(15-32(16)35)40-25(28-20)26(34)31-5-4-30(14-19(31)13-23(33)29-6-8-38-9-7-29)41(36,37)24-11-17-2-3-18(27)12-21(17)39-24/h2-3,11-12,16,19,35H,4-10,13-15H2,1H3. The number of thiazole rings is 1. The summed E-state index contributed by atoms with van der Waals surface area (Å²) in [6, 6.07) is 6.12. The van der Waals surface area contributed by atoms with Crippen molar-refractivity contribution in [2.24, 2.45) is 0 Å². The van der Waals surface area contributed by atoms with Gasteiger partial charge in [-0.25, -0.2) is 13.4 Å². The topological polar surface area (TPSA) is 124 Å². The lowest BCUT2D eigenvalue weighted by Crippen LogP contribution is -2.58. The molecule has 2 aromatic heterocycles. The van der Waals surface area contributed by atoms with Crippen LogP contribution in [0.25, 0.3) is 10.1 Å². The maximum Gasteiger partial charge on any atom is 0.283 e. The molecule has 0 radical (unpaired) electrons. The van der Waals surface area contributed by atoms with Gasteiger partial charge in [0.1, 0.15) is 4.21 Å². The highest BCUT2D eigenvalue weighted by Crippen LogP contribution is 2.34. The second-order valence-corrected chi connectivity index (χ2v) is 15.3. The summed E-state index contributed by atoms with van der Waals surface area (Å²) in [4.78, 5) is 35.8. The van der Waals surface area contributed by atoms with Gasteiger partial charge in [-0.2, -0.15) is 9.37 Å². The molecule has 0 saturated carbocycles. The van der Waals surface area contributed by atoms with Gasteiger partial charge in [0, 0.05) is 66.2 Å². The molecule has 2 fully saturated rings. The molecule has 3 aromatic rings. The van der Waals surface area contributed by atoms with Crippen LogP contribution in [0.2, 0.25) is 5.02 Å². The van der Waals surface area contributed by atoms with Gasteiger partial charge < -0.3 is 19.7 Å². The molecule has 220 valence electrons. The molecule has 3 aliphatic rings. The van der Waals surface area contributed by atoms with Crippen molar-refractivity contribution in [3.05, 3.63) is 44.9 Å². The van der Waals surface area contributed by atoms with Crippen molar-refractivity contribution < 1.29 is 28.0 Å². The van der Waals surface area contributed by atoms with Crippen molar-refractivity contribution in [3.8, 4) is 0 Å². The fraction of sp³-hybridized carbons (Fsp3) is 0.500. The van der Waals surface area contributed by atoms with Gasteiger partial charge in [0.05, 0.1) is 31.5 Å². The van der Waals surface area contributed by atoms with Crippen molar-refractivity contribution >= 4 is 66.2 Å². The van der Waals surface area contributed by atoms with Gasteiger partial charge in [0.2, 0.25) is 5.91 Å². The Bertz CT molecular complexity index is 1560. The summed E-state index contributed by atoms with van der Waals surface area (Å²) in [6.07, 6.45) is 0.521. The van der Waals surface area contributed by atoms with Crippen LogP contribution in [0.3, 0.4) is 0 Å². The van der Waals surface area contributed by atoms with Crippen LogP contribution >= 0.6 is 34.3 Å². The molecular weight excluding hydrogens is 610 g/mol. The van der Waals surface area contributed by atoms with Crippen molar-refractivity contribution in [2.45, 2.75) is 42.6 Å². The third-order valence-corrected chi connectivity index (χ3v) is 12.5. The summed E-state index contributed by atoms with van der Waals surface area (Å²) in [5, 5.41) is 13.0. The quantitative estimate of drug-likeness (QED) is 0.452. The number of piperazine rings is 1. The van der Waals surface area contributed by atoms with Crippen LogP contribution in [-0.2, 0) is 32.5 Å². The number of hydrogen-bond donors (Lipinski definition) is 1. The number of rotatable bonds is 5. The number of amides is 2. The predicted octanol–water partition coefficient (Wildman–Crippen LogP) is 2.91. The Morgan fingerprint density at radius 3 is 2.71 bits per heavy atom. The third kappa shape index (κ3) is 5.76. The van der Waals surface area contributed by atoms with Gasteiger partial charge in [-0.15, -0.1) is 22.7 Å². The molecule has 2 unspecified atom stereocenters. The molecule has 41 heavy (non-hydrogen) atoms. The molecule has 1 aromatic carbocycles. The molecule has 0 spiro atoms. The van der Waals surface area contributed by atoms with E-state index < -0.39 is 16.1 Å². The highest BCUT2D eigenvalue weighted by molar-refractivity contribution is 7.91. The van der Waals surface area contributed by atoms with Crippen LogP contribution in [0.5, 0.6) is 0 Å². The summed E-state index contributed by atoms with van der Waals surface area (Å²) in [7, 11) is -3.88. The van der Waals surface area contributed by atoms with Crippen LogP contribution < -0.4 is 0 Å². The highest BCUT2D eigenvalue weighted by Gasteiger charge is 2.40. The summed E-state index contributed by atoms with van der Waals surface area (Å²) < 4.78 is 35.2. The average Bonchev–Trinajstić information content (AvgIpc) is 3.57. The lowest BCUT2D eigenvalue weighted by atomic mass is 10.1. The Balaban J connectivity index is 1.27. The van der Waals surface area contributed by atoms with E-state index in [1.807, 2.05) is 6.92 Å². The lowest BCUT2D eigenvalue weighted by Gasteiger charge is -2.41. The fourth-order valence-corrected chi connectivity index (χ4v) is 9.77. The average molecular weight is 640 g/mol. The first-order valence-electron chi connectivity index (χ1n) is 13.4. The second-order valence-electron chi connectivity index (χ2n) is 10.5. The van der Waals surface area contributed by atoms with Crippen molar-refractivity contribution in [2.75, 3.05) is 45.9 Å². The van der Waals surface area contributed by atoms with E-state index in [1.54, 1.807) is 34.1 Å². The molecule has 2 atom stereocenters. The number of sulfonamides is 1. The number of aromatic nitrogens is 1. The minimum absolute atomic E-state index is 0.00761. The van der Waals surface area contributed by atoms with E-state index in [-0.39, 0.29) is 48.1 Å². The molecular formula is C26H30ClN5O6S3.